The molecule has 1 N–H and O–H groups in total. The first-order valence-electron chi connectivity index (χ1n) is 10.3. The van der Waals surface area contributed by atoms with Crippen molar-refractivity contribution in [1.29, 1.82) is 0 Å². The number of alkyl carbamates (subject to hydrolysis) is 1. The number of benzene rings is 1. The van der Waals surface area contributed by atoms with Crippen molar-refractivity contribution in [3.63, 3.8) is 0 Å². The molecule has 2 aliphatic rings. The van der Waals surface area contributed by atoms with Gasteiger partial charge in [-0.3, -0.25) is 5.32 Å². The van der Waals surface area contributed by atoms with Gasteiger partial charge < -0.3 is 9.47 Å². The molecular formula is C20H27F2N5O3SSi. The molecule has 3 atom stereocenters. The van der Waals surface area contributed by atoms with Gasteiger partial charge in [-0.05, 0) is 31.0 Å². The molecule has 3 rings (SSSR count). The Hall–Kier alpha value is -2.14. The van der Waals surface area contributed by atoms with Crippen LogP contribution in [0, 0.1) is 17.6 Å². The minimum atomic E-state index is -1.23. The number of aliphatic imine (C=N–C) groups is 1. The second-order valence-electron chi connectivity index (χ2n) is 9.37. The minimum Gasteiger partial charge on any atom is -0.385 e. The zero-order valence-corrected chi connectivity index (χ0v) is 20.3. The summed E-state index contributed by atoms with van der Waals surface area (Å²) in [6.45, 7) is 9.01. The number of carbonyl (C=O) groups is 1. The van der Waals surface area contributed by atoms with Crippen LogP contribution in [0.1, 0.15) is 18.9 Å². The van der Waals surface area contributed by atoms with E-state index in [0.717, 1.165) is 12.1 Å². The molecule has 0 saturated heterocycles. The fourth-order valence-corrected chi connectivity index (χ4v) is 6.00. The van der Waals surface area contributed by atoms with Crippen LogP contribution in [0.3, 0.4) is 0 Å². The van der Waals surface area contributed by atoms with Crippen molar-refractivity contribution < 1.29 is 23.0 Å². The number of amides is 1. The van der Waals surface area contributed by atoms with Gasteiger partial charge in [-0.2, -0.15) is 0 Å². The SMILES string of the molecule is C[C@]1(c2cccc(F)c2F)N=C(OC(=O)NCOCC[Si](C)(C)C)S[C@@]2(CN=[N+]=[N-])C[C@H]21. The Morgan fingerprint density at radius 1 is 1.44 bits per heavy atom. The molecule has 1 fully saturated rings. The van der Waals surface area contributed by atoms with E-state index in [-0.39, 0.29) is 30.0 Å². The molecule has 1 amide bonds. The molecule has 1 saturated carbocycles. The first-order valence-corrected chi connectivity index (χ1v) is 14.8. The Morgan fingerprint density at radius 2 is 2.19 bits per heavy atom. The lowest BCUT2D eigenvalue weighted by molar-refractivity contribution is 0.120. The van der Waals surface area contributed by atoms with E-state index in [4.69, 9.17) is 15.0 Å². The molecule has 1 aliphatic carbocycles. The van der Waals surface area contributed by atoms with Crippen LogP contribution in [0.4, 0.5) is 13.6 Å². The van der Waals surface area contributed by atoms with Gasteiger partial charge in [0, 0.05) is 42.4 Å². The monoisotopic (exact) mass is 483 g/mol. The molecule has 1 heterocycles. The molecule has 0 radical (unpaired) electrons. The molecule has 1 aromatic carbocycles. The second-order valence-corrected chi connectivity index (χ2v) is 16.4. The number of rotatable bonds is 8. The first-order chi connectivity index (χ1) is 15.0. The van der Waals surface area contributed by atoms with Gasteiger partial charge in [-0.25, -0.2) is 18.6 Å². The fourth-order valence-electron chi connectivity index (χ4n) is 3.80. The summed E-state index contributed by atoms with van der Waals surface area (Å²) in [4.78, 5) is 19.6. The number of fused-ring (bicyclic) bond motifs is 1. The van der Waals surface area contributed by atoms with Crippen LogP contribution in [0.25, 0.3) is 10.4 Å². The van der Waals surface area contributed by atoms with Crippen molar-refractivity contribution in [1.82, 2.24) is 5.32 Å². The Kier molecular flexibility index (Phi) is 7.18. The Balaban J connectivity index is 1.74. The maximum atomic E-state index is 14.6. The van der Waals surface area contributed by atoms with Gasteiger partial charge in [0.15, 0.2) is 11.6 Å². The second kappa shape index (κ2) is 9.38. The summed E-state index contributed by atoms with van der Waals surface area (Å²) >= 11 is 1.18. The zero-order valence-electron chi connectivity index (χ0n) is 18.5. The highest BCUT2D eigenvalue weighted by Gasteiger charge is 2.67. The number of ether oxygens (including phenoxy) is 2. The van der Waals surface area contributed by atoms with Crippen molar-refractivity contribution in [2.75, 3.05) is 19.9 Å². The van der Waals surface area contributed by atoms with Crippen LogP contribution >= 0.6 is 11.8 Å². The lowest BCUT2D eigenvalue weighted by Crippen LogP contribution is -2.37. The quantitative estimate of drug-likeness (QED) is 0.133. The van der Waals surface area contributed by atoms with Gasteiger partial charge in [-0.1, -0.05) is 48.6 Å². The van der Waals surface area contributed by atoms with E-state index in [9.17, 15) is 13.6 Å². The third-order valence-electron chi connectivity index (χ3n) is 5.71. The molecule has 12 heteroatoms. The fraction of sp³-hybridized carbons (Fsp3) is 0.600. The maximum Gasteiger partial charge on any atom is 0.416 e. The summed E-state index contributed by atoms with van der Waals surface area (Å²) in [5.74, 6) is -2.17. The predicted octanol–water partition coefficient (Wildman–Crippen LogP) is 5.39. The van der Waals surface area contributed by atoms with Gasteiger partial charge in [0.25, 0.3) is 5.23 Å². The summed E-state index contributed by atoms with van der Waals surface area (Å²) in [5.41, 5.74) is 7.66. The number of carbonyl (C=O) groups excluding carboxylic acids is 1. The van der Waals surface area contributed by atoms with Crippen LogP contribution < -0.4 is 5.32 Å². The van der Waals surface area contributed by atoms with Crippen molar-refractivity contribution in [3.05, 3.63) is 45.8 Å². The van der Waals surface area contributed by atoms with Gasteiger partial charge in [-0.15, -0.1) is 0 Å². The summed E-state index contributed by atoms with van der Waals surface area (Å²) in [6, 6.07) is 4.89. The Morgan fingerprint density at radius 3 is 2.88 bits per heavy atom. The van der Waals surface area contributed by atoms with E-state index in [1.54, 1.807) is 6.92 Å². The molecule has 8 nitrogen and oxygen atoms in total. The number of azide groups is 1. The number of nitrogens with zero attached hydrogens (tertiary/aromatic N) is 4. The molecule has 0 bridgehead atoms. The van der Waals surface area contributed by atoms with Crippen LogP contribution in [0.5, 0.6) is 0 Å². The van der Waals surface area contributed by atoms with Crippen molar-refractivity contribution in [2.45, 2.75) is 49.3 Å². The predicted molar refractivity (Wildman–Crippen MR) is 122 cm³/mol. The van der Waals surface area contributed by atoms with E-state index in [0.29, 0.717) is 13.0 Å². The lowest BCUT2D eigenvalue weighted by atomic mass is 9.85. The topological polar surface area (TPSA) is 109 Å². The third-order valence-corrected chi connectivity index (χ3v) is 8.75. The molecular weight excluding hydrogens is 456 g/mol. The Bertz CT molecular complexity index is 969. The molecule has 174 valence electrons. The highest BCUT2D eigenvalue weighted by molar-refractivity contribution is 8.15. The zero-order chi connectivity index (χ0) is 23.6. The van der Waals surface area contributed by atoms with Crippen molar-refractivity contribution in [3.8, 4) is 0 Å². The van der Waals surface area contributed by atoms with Crippen LogP contribution in [0.2, 0.25) is 25.7 Å². The number of hydrogen-bond donors (Lipinski definition) is 1. The van der Waals surface area contributed by atoms with Crippen LogP contribution in [-0.4, -0.2) is 44.0 Å². The number of thioether (sulfide) groups is 1. The van der Waals surface area contributed by atoms with E-state index in [2.05, 4.69) is 40.0 Å². The van der Waals surface area contributed by atoms with Gasteiger partial charge >= 0.3 is 6.09 Å². The Labute approximate surface area is 190 Å². The minimum absolute atomic E-state index is 0.0104. The summed E-state index contributed by atoms with van der Waals surface area (Å²) in [6.07, 6.45) is -0.203. The maximum absolute atomic E-state index is 14.6. The van der Waals surface area contributed by atoms with Crippen LogP contribution in [-0.2, 0) is 15.0 Å². The largest absolute Gasteiger partial charge is 0.416 e. The smallest absolute Gasteiger partial charge is 0.385 e. The normalized spacial score (nSPS) is 26.4. The lowest BCUT2D eigenvalue weighted by Gasteiger charge is -2.34. The van der Waals surface area contributed by atoms with Crippen LogP contribution in [0.15, 0.2) is 28.3 Å². The average molecular weight is 484 g/mol. The molecule has 1 aliphatic heterocycles. The number of nitrogens with one attached hydrogen (secondary N) is 1. The molecule has 0 spiro atoms. The van der Waals surface area contributed by atoms with E-state index in [1.807, 2.05) is 0 Å². The summed E-state index contributed by atoms with van der Waals surface area (Å²) in [5, 5.41) is 6.20. The number of halogens is 2. The third kappa shape index (κ3) is 5.43. The first kappa shape index (κ1) is 24.5. The molecule has 0 unspecified atom stereocenters. The summed E-state index contributed by atoms with van der Waals surface area (Å²) in [7, 11) is -1.23. The molecule has 32 heavy (non-hydrogen) atoms. The van der Waals surface area contributed by atoms with Gasteiger partial charge in [0.2, 0.25) is 0 Å². The number of hydrogen-bond acceptors (Lipinski definition) is 6. The average Bonchev–Trinajstić information content (AvgIpc) is 3.43. The van der Waals surface area contributed by atoms with E-state index in [1.165, 1.54) is 23.9 Å². The van der Waals surface area contributed by atoms with Gasteiger partial charge in [0.1, 0.15) is 6.73 Å². The van der Waals surface area contributed by atoms with E-state index < -0.39 is 36.1 Å². The highest BCUT2D eigenvalue weighted by atomic mass is 32.2. The highest BCUT2D eigenvalue weighted by Crippen LogP contribution is 2.66. The van der Waals surface area contributed by atoms with Gasteiger partial charge in [0.05, 0.1) is 5.54 Å². The molecule has 0 aromatic heterocycles. The molecule has 1 aromatic rings. The van der Waals surface area contributed by atoms with E-state index >= 15 is 0 Å². The van der Waals surface area contributed by atoms with Crippen molar-refractivity contribution >= 4 is 31.2 Å². The summed E-state index contributed by atoms with van der Waals surface area (Å²) < 4.78 is 38.8. The van der Waals surface area contributed by atoms with Crippen molar-refractivity contribution in [2.24, 2.45) is 16.0 Å². The standard InChI is InChI=1S/C20H27F2N5O3SSi/c1-19(13-6-5-7-14(21)16(13)22)15-10-20(15,11-25-27-23)31-18(26-19)30-17(28)24-12-29-8-9-32(2,3)4/h5-7,15H,8-12H2,1-4H3,(H,24,28)/t15-,19+,20+/m0/s1.